The maximum atomic E-state index is 5.93. The Bertz CT molecular complexity index is 430. The van der Waals surface area contributed by atoms with Gasteiger partial charge in [-0.1, -0.05) is 20.3 Å². The Kier molecular flexibility index (Phi) is 4.49. The number of hydrogen-bond acceptors (Lipinski definition) is 3. The van der Waals surface area contributed by atoms with Crippen LogP contribution in [0.1, 0.15) is 67.3 Å². The molecule has 2 nitrogen and oxygen atoms in total. The summed E-state index contributed by atoms with van der Waals surface area (Å²) in [5.74, 6) is 8.35. The minimum atomic E-state index is 0.376. The summed E-state index contributed by atoms with van der Waals surface area (Å²) >= 11 is 2.02. The van der Waals surface area contributed by atoms with Gasteiger partial charge in [-0.2, -0.15) is 0 Å². The van der Waals surface area contributed by atoms with E-state index in [1.807, 2.05) is 11.3 Å². The topological polar surface area (TPSA) is 38.0 Å². The van der Waals surface area contributed by atoms with Gasteiger partial charge in [-0.05, 0) is 67.9 Å². The lowest BCUT2D eigenvalue weighted by Gasteiger charge is -2.36. The van der Waals surface area contributed by atoms with Crippen LogP contribution in [0.3, 0.4) is 0 Å². The van der Waals surface area contributed by atoms with Gasteiger partial charge in [0.15, 0.2) is 0 Å². The van der Waals surface area contributed by atoms with Gasteiger partial charge in [0.1, 0.15) is 0 Å². The van der Waals surface area contributed by atoms with Gasteiger partial charge in [0.05, 0.1) is 6.04 Å². The molecule has 1 heterocycles. The Balaban J connectivity index is 1.77. The molecule has 0 saturated heterocycles. The average molecular weight is 292 g/mol. The maximum absolute atomic E-state index is 5.93. The van der Waals surface area contributed by atoms with E-state index >= 15 is 0 Å². The predicted molar refractivity (Wildman–Crippen MR) is 86.7 cm³/mol. The van der Waals surface area contributed by atoms with Crippen molar-refractivity contribution in [3.8, 4) is 0 Å². The van der Waals surface area contributed by atoms with E-state index in [0.717, 1.165) is 11.8 Å². The van der Waals surface area contributed by atoms with Crippen LogP contribution in [0.4, 0.5) is 0 Å². The van der Waals surface area contributed by atoms with Crippen LogP contribution < -0.4 is 11.3 Å². The van der Waals surface area contributed by atoms with Crippen LogP contribution in [0.15, 0.2) is 6.07 Å². The van der Waals surface area contributed by atoms with Crippen LogP contribution >= 0.6 is 11.3 Å². The first kappa shape index (κ1) is 14.6. The molecule has 0 aromatic carbocycles. The van der Waals surface area contributed by atoms with Crippen LogP contribution in [0.5, 0.6) is 0 Å². The first-order chi connectivity index (χ1) is 9.69. The van der Waals surface area contributed by atoms with Gasteiger partial charge < -0.3 is 0 Å². The van der Waals surface area contributed by atoms with E-state index in [1.165, 1.54) is 49.8 Å². The highest BCUT2D eigenvalue weighted by Gasteiger charge is 2.32. The molecule has 3 heteroatoms. The summed E-state index contributed by atoms with van der Waals surface area (Å²) in [4.78, 5) is 3.12. The molecule has 0 amide bonds. The molecule has 4 unspecified atom stereocenters. The third-order valence-electron chi connectivity index (χ3n) is 5.61. The molecular formula is C17H28N2S. The third-order valence-corrected chi connectivity index (χ3v) is 6.93. The van der Waals surface area contributed by atoms with E-state index in [2.05, 4.69) is 25.3 Å². The van der Waals surface area contributed by atoms with E-state index < -0.39 is 0 Å². The molecule has 1 saturated carbocycles. The smallest absolute Gasteiger partial charge is 0.0581 e. The summed E-state index contributed by atoms with van der Waals surface area (Å²) in [5.41, 5.74) is 4.75. The van der Waals surface area contributed by atoms with Crippen molar-refractivity contribution in [1.82, 2.24) is 5.43 Å². The zero-order chi connectivity index (χ0) is 14.1. The molecule has 20 heavy (non-hydrogen) atoms. The average Bonchev–Trinajstić information content (AvgIpc) is 2.87. The van der Waals surface area contributed by atoms with Gasteiger partial charge in [-0.15, -0.1) is 11.3 Å². The lowest BCUT2D eigenvalue weighted by molar-refractivity contribution is 0.172. The van der Waals surface area contributed by atoms with Crippen molar-refractivity contribution in [1.29, 1.82) is 0 Å². The second-order valence-corrected chi connectivity index (χ2v) is 8.14. The van der Waals surface area contributed by atoms with Crippen molar-refractivity contribution in [3.63, 3.8) is 0 Å². The zero-order valence-electron chi connectivity index (χ0n) is 12.8. The number of thiophene rings is 1. The molecule has 0 aliphatic heterocycles. The van der Waals surface area contributed by atoms with Crippen molar-refractivity contribution in [2.45, 2.75) is 64.8 Å². The molecule has 1 fully saturated rings. The summed E-state index contributed by atoms with van der Waals surface area (Å²) < 4.78 is 0. The Hall–Kier alpha value is -0.380. The van der Waals surface area contributed by atoms with Crippen LogP contribution in [0, 0.1) is 17.8 Å². The summed E-state index contributed by atoms with van der Waals surface area (Å²) in [6, 6.07) is 2.83. The van der Waals surface area contributed by atoms with Gasteiger partial charge in [-0.25, -0.2) is 0 Å². The molecule has 3 rings (SSSR count). The largest absolute Gasteiger partial charge is 0.271 e. The number of nitrogens with one attached hydrogen (secondary N) is 1. The second kappa shape index (κ2) is 6.17. The Morgan fingerprint density at radius 1 is 1.20 bits per heavy atom. The molecule has 3 N–H and O–H groups in total. The summed E-state index contributed by atoms with van der Waals surface area (Å²) in [7, 11) is 0. The maximum Gasteiger partial charge on any atom is 0.0581 e. The van der Waals surface area contributed by atoms with Crippen LogP contribution in [0.2, 0.25) is 0 Å². The van der Waals surface area contributed by atoms with Gasteiger partial charge in [-0.3, -0.25) is 11.3 Å². The van der Waals surface area contributed by atoms with Crippen molar-refractivity contribution in [2.24, 2.45) is 23.6 Å². The van der Waals surface area contributed by atoms with E-state index in [-0.39, 0.29) is 0 Å². The molecule has 1 aromatic rings. The van der Waals surface area contributed by atoms with E-state index in [1.54, 1.807) is 10.4 Å². The molecule has 112 valence electrons. The standard InChI is InChI=1S/C17H28N2S/c1-11-7-8-14(9-12(11)2)17(19-18)16-10-13-5-3-4-6-15(13)20-16/h10-12,14,17,19H,3-9,18H2,1-2H3. The number of aryl methyl sites for hydroxylation is 2. The fraction of sp³-hybridized carbons (Fsp3) is 0.765. The van der Waals surface area contributed by atoms with E-state index in [4.69, 9.17) is 5.84 Å². The number of hydrogen-bond donors (Lipinski definition) is 2. The lowest BCUT2D eigenvalue weighted by atomic mass is 9.73. The predicted octanol–water partition coefficient (Wildman–Crippen LogP) is 4.20. The van der Waals surface area contributed by atoms with Crippen LogP contribution in [-0.2, 0) is 12.8 Å². The SMILES string of the molecule is CC1CCC(C(NN)c2cc3c(s2)CCCC3)CC1C. The highest BCUT2D eigenvalue weighted by Crippen LogP contribution is 2.42. The molecule has 0 spiro atoms. The monoisotopic (exact) mass is 292 g/mol. The van der Waals surface area contributed by atoms with Gasteiger partial charge in [0.25, 0.3) is 0 Å². The summed E-state index contributed by atoms with van der Waals surface area (Å²) in [6.45, 7) is 4.81. The highest BCUT2D eigenvalue weighted by molar-refractivity contribution is 7.12. The van der Waals surface area contributed by atoms with Gasteiger partial charge in [0, 0.05) is 9.75 Å². The lowest BCUT2D eigenvalue weighted by Crippen LogP contribution is -2.36. The summed E-state index contributed by atoms with van der Waals surface area (Å²) in [5, 5.41) is 0. The molecule has 2 aliphatic rings. The van der Waals surface area contributed by atoms with Crippen LogP contribution in [0.25, 0.3) is 0 Å². The third kappa shape index (κ3) is 2.81. The van der Waals surface area contributed by atoms with E-state index in [9.17, 15) is 0 Å². The highest BCUT2D eigenvalue weighted by atomic mass is 32.1. The summed E-state index contributed by atoms with van der Waals surface area (Å²) in [6.07, 6.45) is 9.29. The fourth-order valence-corrected chi connectivity index (χ4v) is 5.42. The first-order valence-electron chi connectivity index (χ1n) is 8.26. The second-order valence-electron chi connectivity index (χ2n) is 6.98. The molecular weight excluding hydrogens is 264 g/mol. The fourth-order valence-electron chi connectivity index (χ4n) is 4.01. The zero-order valence-corrected chi connectivity index (χ0v) is 13.6. The number of rotatable bonds is 3. The first-order valence-corrected chi connectivity index (χ1v) is 9.08. The van der Waals surface area contributed by atoms with Gasteiger partial charge >= 0.3 is 0 Å². The Morgan fingerprint density at radius 2 is 2.00 bits per heavy atom. The van der Waals surface area contributed by atoms with Crippen LogP contribution in [-0.4, -0.2) is 0 Å². The van der Waals surface area contributed by atoms with E-state index in [0.29, 0.717) is 12.0 Å². The van der Waals surface area contributed by atoms with Crippen molar-refractivity contribution in [3.05, 3.63) is 21.4 Å². The minimum Gasteiger partial charge on any atom is -0.271 e. The molecule has 1 aromatic heterocycles. The number of fused-ring (bicyclic) bond motifs is 1. The number of nitrogens with two attached hydrogens (primary N) is 1. The molecule has 0 bridgehead atoms. The minimum absolute atomic E-state index is 0.376. The van der Waals surface area contributed by atoms with Crippen molar-refractivity contribution < 1.29 is 0 Å². The molecule has 2 aliphatic carbocycles. The molecule has 0 radical (unpaired) electrons. The normalized spacial score (nSPS) is 31.9. The van der Waals surface area contributed by atoms with Crippen molar-refractivity contribution >= 4 is 11.3 Å². The number of hydrazine groups is 1. The van der Waals surface area contributed by atoms with Crippen molar-refractivity contribution in [2.75, 3.05) is 0 Å². The Morgan fingerprint density at radius 3 is 2.70 bits per heavy atom. The molecule has 4 atom stereocenters. The Labute approximate surface area is 127 Å². The quantitative estimate of drug-likeness (QED) is 0.647. The van der Waals surface area contributed by atoms with Gasteiger partial charge in [0.2, 0.25) is 0 Å².